The number of rotatable bonds is 4. The molecule has 5 heteroatoms. The number of piperazine rings is 1. The normalized spacial score (nSPS) is 24.1. The standard InChI is InChI=1S/C18H24N2O3/c1-12-6-4-8-16(13(12)2)23-11-10-19-14(3)17(21)20-9-5-7-15(20)18(19)22/h4,6,8,14-15H,5,7,9-11H2,1-3H3/t14-,15-/m0/s1. The monoisotopic (exact) mass is 316 g/mol. The number of fused-ring (bicyclic) bond motifs is 1. The largest absolute Gasteiger partial charge is 0.491 e. The first-order chi connectivity index (χ1) is 11.0. The third-order valence-electron chi connectivity index (χ3n) is 5.07. The summed E-state index contributed by atoms with van der Waals surface area (Å²) in [5, 5.41) is 0. The van der Waals surface area contributed by atoms with Gasteiger partial charge in [0.25, 0.3) is 0 Å². The van der Waals surface area contributed by atoms with Crippen LogP contribution in [0, 0.1) is 13.8 Å². The fourth-order valence-electron chi connectivity index (χ4n) is 3.48. The Morgan fingerprint density at radius 2 is 2.00 bits per heavy atom. The fraction of sp³-hybridized carbons (Fsp3) is 0.556. The molecule has 2 saturated heterocycles. The molecule has 23 heavy (non-hydrogen) atoms. The molecule has 0 spiro atoms. The van der Waals surface area contributed by atoms with Crippen molar-refractivity contribution in [2.24, 2.45) is 0 Å². The van der Waals surface area contributed by atoms with Gasteiger partial charge in [0.1, 0.15) is 24.4 Å². The van der Waals surface area contributed by atoms with Crippen molar-refractivity contribution in [1.82, 2.24) is 9.80 Å². The second kappa shape index (κ2) is 6.22. The van der Waals surface area contributed by atoms with Gasteiger partial charge in [-0.3, -0.25) is 9.59 Å². The molecule has 2 heterocycles. The van der Waals surface area contributed by atoms with Crippen LogP contribution >= 0.6 is 0 Å². The molecular weight excluding hydrogens is 292 g/mol. The van der Waals surface area contributed by atoms with Crippen LogP contribution in [0.4, 0.5) is 0 Å². The van der Waals surface area contributed by atoms with Gasteiger partial charge in [-0.15, -0.1) is 0 Å². The average molecular weight is 316 g/mol. The summed E-state index contributed by atoms with van der Waals surface area (Å²) in [7, 11) is 0. The number of carbonyl (C=O) groups excluding carboxylic acids is 2. The Hall–Kier alpha value is -2.04. The van der Waals surface area contributed by atoms with E-state index in [0.717, 1.165) is 24.2 Å². The number of hydrogen-bond acceptors (Lipinski definition) is 3. The smallest absolute Gasteiger partial charge is 0.246 e. The zero-order valence-corrected chi connectivity index (χ0v) is 14.0. The van der Waals surface area contributed by atoms with Crippen LogP contribution in [-0.4, -0.2) is 53.4 Å². The van der Waals surface area contributed by atoms with E-state index in [1.54, 1.807) is 9.80 Å². The van der Waals surface area contributed by atoms with Gasteiger partial charge in [-0.2, -0.15) is 0 Å². The highest BCUT2D eigenvalue weighted by Gasteiger charge is 2.45. The van der Waals surface area contributed by atoms with Crippen molar-refractivity contribution in [3.8, 4) is 5.75 Å². The Morgan fingerprint density at radius 1 is 1.22 bits per heavy atom. The molecule has 0 unspecified atom stereocenters. The van der Waals surface area contributed by atoms with Gasteiger partial charge in [-0.1, -0.05) is 12.1 Å². The minimum absolute atomic E-state index is 0.0684. The molecule has 0 aliphatic carbocycles. The predicted octanol–water partition coefficient (Wildman–Crippen LogP) is 1.90. The Kier molecular flexibility index (Phi) is 4.28. The Labute approximate surface area is 137 Å². The number of ether oxygens (including phenoxy) is 1. The quantitative estimate of drug-likeness (QED) is 0.852. The number of aryl methyl sites for hydroxylation is 1. The maximum Gasteiger partial charge on any atom is 0.246 e. The van der Waals surface area contributed by atoms with E-state index in [-0.39, 0.29) is 23.9 Å². The highest BCUT2D eigenvalue weighted by molar-refractivity contribution is 5.97. The molecule has 0 saturated carbocycles. The van der Waals surface area contributed by atoms with Gasteiger partial charge in [-0.25, -0.2) is 0 Å². The fourth-order valence-corrected chi connectivity index (χ4v) is 3.48. The van der Waals surface area contributed by atoms with Crippen molar-refractivity contribution in [3.63, 3.8) is 0 Å². The molecule has 2 aliphatic heterocycles. The van der Waals surface area contributed by atoms with E-state index in [4.69, 9.17) is 4.74 Å². The molecule has 0 aromatic heterocycles. The number of carbonyl (C=O) groups is 2. The molecule has 2 atom stereocenters. The topological polar surface area (TPSA) is 49.9 Å². The van der Waals surface area contributed by atoms with Crippen LogP contribution in [0.5, 0.6) is 5.75 Å². The number of nitrogens with zero attached hydrogens (tertiary/aromatic N) is 2. The van der Waals surface area contributed by atoms with Gasteiger partial charge in [0.15, 0.2) is 0 Å². The van der Waals surface area contributed by atoms with Crippen molar-refractivity contribution in [2.75, 3.05) is 19.7 Å². The second-order valence-electron chi connectivity index (χ2n) is 6.44. The Balaban J connectivity index is 1.64. The van der Waals surface area contributed by atoms with Crippen LogP contribution < -0.4 is 4.74 Å². The van der Waals surface area contributed by atoms with E-state index >= 15 is 0 Å². The van der Waals surface area contributed by atoms with Crippen molar-refractivity contribution in [1.29, 1.82) is 0 Å². The van der Waals surface area contributed by atoms with E-state index < -0.39 is 0 Å². The van der Waals surface area contributed by atoms with E-state index in [1.807, 2.05) is 39.0 Å². The lowest BCUT2D eigenvalue weighted by Crippen LogP contribution is -2.62. The minimum atomic E-state index is -0.390. The summed E-state index contributed by atoms with van der Waals surface area (Å²) in [5.74, 6) is 0.980. The van der Waals surface area contributed by atoms with Gasteiger partial charge in [-0.05, 0) is 50.8 Å². The molecule has 1 aromatic carbocycles. The van der Waals surface area contributed by atoms with E-state index in [9.17, 15) is 9.59 Å². The third-order valence-corrected chi connectivity index (χ3v) is 5.07. The van der Waals surface area contributed by atoms with Crippen molar-refractivity contribution in [3.05, 3.63) is 29.3 Å². The Morgan fingerprint density at radius 3 is 2.78 bits per heavy atom. The summed E-state index contributed by atoms with van der Waals surface area (Å²) in [6.45, 7) is 7.45. The number of amides is 2. The molecule has 124 valence electrons. The van der Waals surface area contributed by atoms with E-state index in [2.05, 4.69) is 0 Å². The lowest BCUT2D eigenvalue weighted by atomic mass is 10.1. The summed E-state index contributed by atoms with van der Waals surface area (Å²) in [5.41, 5.74) is 2.30. The van der Waals surface area contributed by atoms with Crippen LogP contribution in [0.2, 0.25) is 0 Å². The zero-order valence-electron chi connectivity index (χ0n) is 14.0. The van der Waals surface area contributed by atoms with Crippen molar-refractivity contribution >= 4 is 11.8 Å². The van der Waals surface area contributed by atoms with Crippen LogP contribution in [0.15, 0.2) is 18.2 Å². The molecule has 0 N–H and O–H groups in total. The Bertz CT molecular complexity index is 629. The highest BCUT2D eigenvalue weighted by Crippen LogP contribution is 2.27. The molecule has 0 radical (unpaired) electrons. The van der Waals surface area contributed by atoms with Gasteiger partial charge >= 0.3 is 0 Å². The lowest BCUT2D eigenvalue weighted by molar-refractivity contribution is -0.158. The van der Waals surface area contributed by atoms with Crippen LogP contribution in [0.1, 0.15) is 30.9 Å². The second-order valence-corrected chi connectivity index (χ2v) is 6.44. The molecular formula is C18H24N2O3. The van der Waals surface area contributed by atoms with Crippen LogP contribution in [0.25, 0.3) is 0 Å². The summed E-state index contributed by atoms with van der Waals surface area (Å²) < 4.78 is 5.84. The molecule has 3 rings (SSSR count). The zero-order chi connectivity index (χ0) is 16.6. The molecule has 1 aromatic rings. The maximum atomic E-state index is 12.6. The lowest BCUT2D eigenvalue weighted by Gasteiger charge is -2.40. The van der Waals surface area contributed by atoms with Crippen LogP contribution in [-0.2, 0) is 9.59 Å². The number of benzene rings is 1. The van der Waals surface area contributed by atoms with Gasteiger partial charge in [0.2, 0.25) is 11.8 Å². The molecule has 5 nitrogen and oxygen atoms in total. The van der Waals surface area contributed by atoms with Gasteiger partial charge in [0, 0.05) is 6.54 Å². The molecule has 2 fully saturated rings. The summed E-state index contributed by atoms with van der Waals surface area (Å²) >= 11 is 0. The average Bonchev–Trinajstić information content (AvgIpc) is 3.02. The SMILES string of the molecule is Cc1cccc(OCCN2C(=O)[C@@H]3CCCN3C(=O)[C@@H]2C)c1C. The first kappa shape index (κ1) is 15.8. The summed E-state index contributed by atoms with van der Waals surface area (Å²) in [4.78, 5) is 28.4. The molecule has 0 bridgehead atoms. The summed E-state index contributed by atoms with van der Waals surface area (Å²) in [6, 6.07) is 5.31. The maximum absolute atomic E-state index is 12.6. The number of hydrogen-bond donors (Lipinski definition) is 0. The van der Waals surface area contributed by atoms with E-state index in [0.29, 0.717) is 19.7 Å². The first-order valence-corrected chi connectivity index (χ1v) is 8.30. The molecule has 2 aliphatic rings. The van der Waals surface area contributed by atoms with Crippen molar-refractivity contribution < 1.29 is 14.3 Å². The predicted molar refractivity (Wildman–Crippen MR) is 87.3 cm³/mol. The van der Waals surface area contributed by atoms with Crippen molar-refractivity contribution in [2.45, 2.75) is 45.7 Å². The van der Waals surface area contributed by atoms with E-state index in [1.165, 1.54) is 5.56 Å². The third kappa shape index (κ3) is 2.80. The van der Waals surface area contributed by atoms with Gasteiger partial charge < -0.3 is 14.5 Å². The highest BCUT2D eigenvalue weighted by atomic mass is 16.5. The minimum Gasteiger partial charge on any atom is -0.491 e. The first-order valence-electron chi connectivity index (χ1n) is 8.30. The van der Waals surface area contributed by atoms with Crippen LogP contribution in [0.3, 0.4) is 0 Å². The summed E-state index contributed by atoms with van der Waals surface area (Å²) in [6.07, 6.45) is 1.70. The van der Waals surface area contributed by atoms with Gasteiger partial charge in [0.05, 0.1) is 6.54 Å². The molecule has 2 amide bonds.